The Balaban J connectivity index is 2.97. The number of carbonyl (C=O) groups is 1. The highest BCUT2D eigenvalue weighted by atomic mass is 16.3. The molecule has 0 aromatic heterocycles. The first-order chi connectivity index (χ1) is 8.10. The molecule has 0 spiro atoms. The fraction of sp³-hybridized carbons (Fsp3) is 0.385. The minimum atomic E-state index is -0.300. The number of amides is 1. The number of nitrogens with zero attached hydrogens (tertiary/aromatic N) is 2. The summed E-state index contributed by atoms with van der Waals surface area (Å²) in [5.74, 6) is -0.333. The molecule has 0 unspecified atom stereocenters. The Morgan fingerprint density at radius 2 is 2.24 bits per heavy atom. The van der Waals surface area contributed by atoms with Gasteiger partial charge in [0, 0.05) is 6.54 Å². The van der Waals surface area contributed by atoms with Crippen LogP contribution in [0.5, 0.6) is 5.75 Å². The van der Waals surface area contributed by atoms with E-state index in [1.54, 1.807) is 18.2 Å². The molecule has 1 aromatic rings. The van der Waals surface area contributed by atoms with Gasteiger partial charge in [0.15, 0.2) is 0 Å². The lowest BCUT2D eigenvalue weighted by Crippen LogP contribution is -2.32. The van der Waals surface area contributed by atoms with Crippen molar-refractivity contribution in [1.29, 1.82) is 5.26 Å². The highest BCUT2D eigenvalue weighted by Gasteiger charge is 2.17. The van der Waals surface area contributed by atoms with Gasteiger partial charge in [-0.15, -0.1) is 0 Å². The molecule has 1 aromatic carbocycles. The second kappa shape index (κ2) is 5.90. The van der Waals surface area contributed by atoms with Crippen molar-refractivity contribution in [2.45, 2.75) is 20.3 Å². The highest BCUT2D eigenvalue weighted by molar-refractivity contribution is 5.97. The summed E-state index contributed by atoms with van der Waals surface area (Å²) in [6.07, 6.45) is 0.778. The molecule has 1 rings (SSSR count). The summed E-state index contributed by atoms with van der Waals surface area (Å²) in [6.45, 7) is 4.33. The summed E-state index contributed by atoms with van der Waals surface area (Å²) >= 11 is 0. The minimum Gasteiger partial charge on any atom is -0.507 e. The zero-order valence-electron chi connectivity index (χ0n) is 10.1. The van der Waals surface area contributed by atoms with E-state index < -0.39 is 0 Å². The van der Waals surface area contributed by atoms with E-state index >= 15 is 0 Å². The molecular weight excluding hydrogens is 216 g/mol. The van der Waals surface area contributed by atoms with E-state index in [0.717, 1.165) is 12.0 Å². The van der Waals surface area contributed by atoms with Crippen LogP contribution < -0.4 is 0 Å². The minimum absolute atomic E-state index is 0.0333. The summed E-state index contributed by atoms with van der Waals surface area (Å²) in [5, 5.41) is 18.4. The predicted molar refractivity (Wildman–Crippen MR) is 64.7 cm³/mol. The number of aryl methyl sites for hydroxylation is 1. The van der Waals surface area contributed by atoms with Gasteiger partial charge in [-0.05, 0) is 31.0 Å². The SMILES string of the molecule is CCCN(CC#N)C(=O)c1ccc(C)cc1O. The molecule has 0 saturated heterocycles. The van der Waals surface area contributed by atoms with E-state index in [4.69, 9.17) is 5.26 Å². The van der Waals surface area contributed by atoms with E-state index in [0.29, 0.717) is 6.54 Å². The number of carbonyl (C=O) groups excluding carboxylic acids is 1. The number of hydrogen-bond donors (Lipinski definition) is 1. The lowest BCUT2D eigenvalue weighted by Gasteiger charge is -2.19. The molecule has 90 valence electrons. The van der Waals surface area contributed by atoms with Crippen LogP contribution in [0, 0.1) is 18.3 Å². The first kappa shape index (κ1) is 13.0. The number of phenols is 1. The molecule has 17 heavy (non-hydrogen) atoms. The third kappa shape index (κ3) is 3.22. The van der Waals surface area contributed by atoms with Crippen LogP contribution in [0.4, 0.5) is 0 Å². The lowest BCUT2D eigenvalue weighted by atomic mass is 10.1. The highest BCUT2D eigenvalue weighted by Crippen LogP contribution is 2.20. The van der Waals surface area contributed by atoms with Crippen molar-refractivity contribution in [3.05, 3.63) is 29.3 Å². The molecule has 0 aliphatic carbocycles. The Morgan fingerprint density at radius 3 is 2.76 bits per heavy atom. The first-order valence-corrected chi connectivity index (χ1v) is 5.56. The van der Waals surface area contributed by atoms with E-state index in [1.165, 1.54) is 4.90 Å². The van der Waals surface area contributed by atoms with Crippen molar-refractivity contribution in [3.63, 3.8) is 0 Å². The van der Waals surface area contributed by atoms with Crippen molar-refractivity contribution in [1.82, 2.24) is 4.90 Å². The van der Waals surface area contributed by atoms with Crippen molar-refractivity contribution in [2.24, 2.45) is 0 Å². The molecule has 0 fully saturated rings. The average Bonchev–Trinajstić information content (AvgIpc) is 2.28. The van der Waals surface area contributed by atoms with Gasteiger partial charge in [-0.2, -0.15) is 5.26 Å². The molecule has 0 atom stereocenters. The lowest BCUT2D eigenvalue weighted by molar-refractivity contribution is 0.0773. The molecule has 4 nitrogen and oxygen atoms in total. The van der Waals surface area contributed by atoms with Gasteiger partial charge in [0.25, 0.3) is 5.91 Å². The third-order valence-corrected chi connectivity index (χ3v) is 2.43. The van der Waals surface area contributed by atoms with E-state index in [2.05, 4.69) is 0 Å². The molecule has 0 heterocycles. The van der Waals surface area contributed by atoms with Crippen LogP contribution in [0.25, 0.3) is 0 Å². The van der Waals surface area contributed by atoms with Gasteiger partial charge in [0.2, 0.25) is 0 Å². The fourth-order valence-corrected chi connectivity index (χ4v) is 1.60. The summed E-state index contributed by atoms with van der Waals surface area (Å²) < 4.78 is 0. The smallest absolute Gasteiger partial charge is 0.258 e. The van der Waals surface area contributed by atoms with Crippen LogP contribution in [0.15, 0.2) is 18.2 Å². The maximum atomic E-state index is 12.1. The van der Waals surface area contributed by atoms with Crippen LogP contribution >= 0.6 is 0 Å². The monoisotopic (exact) mass is 232 g/mol. The largest absolute Gasteiger partial charge is 0.507 e. The standard InChI is InChI=1S/C13H16N2O2/c1-3-7-15(8-6-14)13(17)11-5-4-10(2)9-12(11)16/h4-5,9,16H,3,7-8H2,1-2H3. The number of hydrogen-bond acceptors (Lipinski definition) is 3. The van der Waals surface area contributed by atoms with E-state index in [9.17, 15) is 9.90 Å². The van der Waals surface area contributed by atoms with Gasteiger partial charge in [-0.3, -0.25) is 4.79 Å². The first-order valence-electron chi connectivity index (χ1n) is 5.56. The Morgan fingerprint density at radius 1 is 1.53 bits per heavy atom. The van der Waals surface area contributed by atoms with Crippen LogP contribution in [0.1, 0.15) is 29.3 Å². The average molecular weight is 232 g/mol. The molecule has 0 bridgehead atoms. The molecule has 1 amide bonds. The fourth-order valence-electron chi connectivity index (χ4n) is 1.60. The molecule has 0 aliphatic rings. The molecule has 0 aliphatic heterocycles. The Labute approximate surface area is 101 Å². The molecule has 4 heteroatoms. The number of rotatable bonds is 4. The van der Waals surface area contributed by atoms with Crippen molar-refractivity contribution in [2.75, 3.05) is 13.1 Å². The van der Waals surface area contributed by atoms with Crippen LogP contribution in [0.2, 0.25) is 0 Å². The van der Waals surface area contributed by atoms with Crippen molar-refractivity contribution in [3.8, 4) is 11.8 Å². The molecule has 0 radical (unpaired) electrons. The van der Waals surface area contributed by atoms with E-state index in [1.807, 2.05) is 19.9 Å². The Bertz CT molecular complexity index is 449. The molecule has 0 saturated carbocycles. The van der Waals surface area contributed by atoms with Gasteiger partial charge >= 0.3 is 0 Å². The van der Waals surface area contributed by atoms with Gasteiger partial charge in [0.1, 0.15) is 12.3 Å². The number of aromatic hydroxyl groups is 1. The maximum Gasteiger partial charge on any atom is 0.258 e. The molecule has 1 N–H and O–H groups in total. The van der Waals surface area contributed by atoms with Gasteiger partial charge in [-0.1, -0.05) is 13.0 Å². The summed E-state index contributed by atoms with van der Waals surface area (Å²) in [4.78, 5) is 13.5. The van der Waals surface area contributed by atoms with Gasteiger partial charge < -0.3 is 10.0 Å². The van der Waals surface area contributed by atoms with E-state index in [-0.39, 0.29) is 23.8 Å². The Kier molecular flexibility index (Phi) is 4.53. The Hall–Kier alpha value is -2.02. The zero-order chi connectivity index (χ0) is 12.8. The number of phenolic OH excluding ortho intramolecular Hbond substituents is 1. The van der Waals surface area contributed by atoms with Gasteiger partial charge in [-0.25, -0.2) is 0 Å². The predicted octanol–water partition coefficient (Wildman–Crippen LogP) is 2.08. The second-order valence-corrected chi connectivity index (χ2v) is 3.91. The number of benzene rings is 1. The van der Waals surface area contributed by atoms with Crippen LogP contribution in [0.3, 0.4) is 0 Å². The quantitative estimate of drug-likeness (QED) is 0.808. The topological polar surface area (TPSA) is 64.3 Å². The van der Waals surface area contributed by atoms with Gasteiger partial charge in [0.05, 0.1) is 11.6 Å². The third-order valence-electron chi connectivity index (χ3n) is 2.43. The normalized spacial score (nSPS) is 9.71. The maximum absolute atomic E-state index is 12.1. The van der Waals surface area contributed by atoms with Crippen molar-refractivity contribution >= 4 is 5.91 Å². The summed E-state index contributed by atoms with van der Waals surface area (Å²) in [7, 11) is 0. The van der Waals surface area contributed by atoms with Crippen LogP contribution in [-0.2, 0) is 0 Å². The number of nitriles is 1. The zero-order valence-corrected chi connectivity index (χ0v) is 10.1. The van der Waals surface area contributed by atoms with Crippen LogP contribution in [-0.4, -0.2) is 29.0 Å². The van der Waals surface area contributed by atoms with Crippen molar-refractivity contribution < 1.29 is 9.90 Å². The summed E-state index contributed by atoms with van der Waals surface area (Å²) in [6, 6.07) is 6.86. The summed E-state index contributed by atoms with van der Waals surface area (Å²) in [5.41, 5.74) is 1.14. The second-order valence-electron chi connectivity index (χ2n) is 3.91. The molecular formula is C13H16N2O2.